The highest BCUT2D eigenvalue weighted by Gasteiger charge is 2.34. The second-order valence-corrected chi connectivity index (χ2v) is 5.91. The molecular formula is C15H20O. The van der Waals surface area contributed by atoms with Gasteiger partial charge in [-0.3, -0.25) is 4.79 Å². The molecule has 1 atom stereocenters. The second kappa shape index (κ2) is 3.73. The predicted octanol–water partition coefficient (Wildman–Crippen LogP) is 3.64. The summed E-state index contributed by atoms with van der Waals surface area (Å²) in [5.41, 5.74) is 3.72. The van der Waals surface area contributed by atoms with Crippen molar-refractivity contribution in [3.05, 3.63) is 34.9 Å². The SMILES string of the molecule is Cc1ccc2c(c1)CCC2C(=O)C(C)(C)C. The Hall–Kier alpha value is -1.11. The molecule has 0 bridgehead atoms. The van der Waals surface area contributed by atoms with E-state index in [0.717, 1.165) is 12.8 Å². The lowest BCUT2D eigenvalue weighted by Gasteiger charge is -2.22. The van der Waals surface area contributed by atoms with Crippen LogP contribution in [0, 0.1) is 12.3 Å². The molecule has 0 radical (unpaired) electrons. The standard InChI is InChI=1S/C15H20O/c1-10-5-7-12-11(9-10)6-8-13(12)14(16)15(2,3)4/h5,7,9,13H,6,8H2,1-4H3. The molecule has 0 saturated carbocycles. The molecule has 2 rings (SSSR count). The fourth-order valence-corrected chi connectivity index (χ4v) is 2.54. The first-order valence-electron chi connectivity index (χ1n) is 6.03. The van der Waals surface area contributed by atoms with Crippen molar-refractivity contribution in [3.63, 3.8) is 0 Å². The fraction of sp³-hybridized carbons (Fsp3) is 0.533. The summed E-state index contributed by atoms with van der Waals surface area (Å²) in [6.07, 6.45) is 2.05. The van der Waals surface area contributed by atoms with E-state index in [2.05, 4.69) is 25.1 Å². The van der Waals surface area contributed by atoms with Crippen LogP contribution in [0.1, 0.15) is 49.8 Å². The topological polar surface area (TPSA) is 17.1 Å². The van der Waals surface area contributed by atoms with Crippen molar-refractivity contribution in [3.8, 4) is 0 Å². The molecule has 1 heteroatoms. The zero-order chi connectivity index (χ0) is 11.9. The van der Waals surface area contributed by atoms with Crippen LogP contribution in [0.25, 0.3) is 0 Å². The van der Waals surface area contributed by atoms with Gasteiger partial charge in [-0.05, 0) is 30.9 Å². The summed E-state index contributed by atoms with van der Waals surface area (Å²) in [6.45, 7) is 8.16. The van der Waals surface area contributed by atoms with Crippen LogP contribution in [0.2, 0.25) is 0 Å². The molecule has 0 amide bonds. The van der Waals surface area contributed by atoms with Gasteiger partial charge >= 0.3 is 0 Å². The van der Waals surface area contributed by atoms with Crippen LogP contribution in [0.5, 0.6) is 0 Å². The largest absolute Gasteiger partial charge is 0.298 e. The Morgan fingerprint density at radius 3 is 2.62 bits per heavy atom. The van der Waals surface area contributed by atoms with Gasteiger partial charge in [0.25, 0.3) is 0 Å². The van der Waals surface area contributed by atoms with Crippen molar-refractivity contribution in [2.24, 2.45) is 5.41 Å². The van der Waals surface area contributed by atoms with E-state index in [-0.39, 0.29) is 11.3 Å². The van der Waals surface area contributed by atoms with E-state index >= 15 is 0 Å². The third kappa shape index (κ3) is 1.91. The Labute approximate surface area is 97.9 Å². The highest BCUT2D eigenvalue weighted by atomic mass is 16.1. The van der Waals surface area contributed by atoms with Crippen LogP contribution in [0.3, 0.4) is 0 Å². The number of Topliss-reactive ketones (excluding diaryl/α,β-unsaturated/α-hetero) is 1. The monoisotopic (exact) mass is 216 g/mol. The summed E-state index contributed by atoms with van der Waals surface area (Å²) < 4.78 is 0. The summed E-state index contributed by atoms with van der Waals surface area (Å²) in [7, 11) is 0. The maximum Gasteiger partial charge on any atom is 0.145 e. The van der Waals surface area contributed by atoms with E-state index in [1.54, 1.807) is 0 Å². The Kier molecular flexibility index (Phi) is 2.65. The van der Waals surface area contributed by atoms with Gasteiger partial charge in [0, 0.05) is 11.3 Å². The number of ketones is 1. The molecule has 0 aromatic heterocycles. The van der Waals surface area contributed by atoms with Crippen molar-refractivity contribution in [1.29, 1.82) is 0 Å². The molecule has 1 unspecified atom stereocenters. The van der Waals surface area contributed by atoms with E-state index in [1.807, 2.05) is 20.8 Å². The zero-order valence-corrected chi connectivity index (χ0v) is 10.6. The van der Waals surface area contributed by atoms with Crippen LogP contribution < -0.4 is 0 Å². The van der Waals surface area contributed by atoms with Crippen molar-refractivity contribution >= 4 is 5.78 Å². The van der Waals surface area contributed by atoms with Crippen molar-refractivity contribution in [2.45, 2.75) is 46.5 Å². The fourth-order valence-electron chi connectivity index (χ4n) is 2.54. The van der Waals surface area contributed by atoms with Crippen LogP contribution in [0.4, 0.5) is 0 Å². The Morgan fingerprint density at radius 1 is 1.31 bits per heavy atom. The smallest absolute Gasteiger partial charge is 0.145 e. The van der Waals surface area contributed by atoms with Crippen LogP contribution in [-0.4, -0.2) is 5.78 Å². The molecule has 0 aliphatic heterocycles. The molecule has 1 nitrogen and oxygen atoms in total. The molecule has 1 aliphatic rings. The van der Waals surface area contributed by atoms with Gasteiger partial charge in [0.2, 0.25) is 0 Å². The van der Waals surface area contributed by atoms with Crippen LogP contribution in [-0.2, 0) is 11.2 Å². The quantitative estimate of drug-likeness (QED) is 0.700. The maximum atomic E-state index is 12.3. The van der Waals surface area contributed by atoms with Gasteiger partial charge in [0.05, 0.1) is 0 Å². The van der Waals surface area contributed by atoms with Gasteiger partial charge in [-0.25, -0.2) is 0 Å². The van der Waals surface area contributed by atoms with Crippen molar-refractivity contribution in [1.82, 2.24) is 0 Å². The number of carbonyl (C=O) groups excluding carboxylic acids is 1. The molecule has 0 N–H and O–H groups in total. The number of carbonyl (C=O) groups is 1. The molecular weight excluding hydrogens is 196 g/mol. The molecule has 0 heterocycles. The first kappa shape index (κ1) is 11.4. The van der Waals surface area contributed by atoms with Crippen LogP contribution in [0.15, 0.2) is 18.2 Å². The van der Waals surface area contributed by atoms with Gasteiger partial charge in [-0.2, -0.15) is 0 Å². The number of hydrogen-bond donors (Lipinski definition) is 0. The number of hydrogen-bond acceptors (Lipinski definition) is 1. The van der Waals surface area contributed by atoms with E-state index in [4.69, 9.17) is 0 Å². The van der Waals surface area contributed by atoms with Gasteiger partial charge in [-0.15, -0.1) is 0 Å². The normalized spacial score (nSPS) is 19.6. The lowest BCUT2D eigenvalue weighted by molar-refractivity contribution is -0.127. The van der Waals surface area contributed by atoms with E-state index in [1.165, 1.54) is 16.7 Å². The minimum atomic E-state index is -0.225. The molecule has 86 valence electrons. The highest BCUT2D eigenvalue weighted by molar-refractivity contribution is 5.91. The first-order chi connectivity index (χ1) is 7.39. The minimum Gasteiger partial charge on any atom is -0.298 e. The lowest BCUT2D eigenvalue weighted by Crippen LogP contribution is -2.25. The van der Waals surface area contributed by atoms with Gasteiger partial charge in [0.1, 0.15) is 5.78 Å². The predicted molar refractivity (Wildman–Crippen MR) is 66.7 cm³/mol. The summed E-state index contributed by atoms with van der Waals surface area (Å²) in [4.78, 5) is 12.3. The van der Waals surface area contributed by atoms with Crippen LogP contribution >= 0.6 is 0 Å². The molecule has 16 heavy (non-hydrogen) atoms. The Bertz CT molecular complexity index is 424. The number of benzene rings is 1. The van der Waals surface area contributed by atoms with E-state index in [0.29, 0.717) is 5.78 Å². The summed E-state index contributed by atoms with van der Waals surface area (Å²) in [5, 5.41) is 0. The number of aryl methyl sites for hydroxylation is 2. The highest BCUT2D eigenvalue weighted by Crippen LogP contribution is 2.38. The zero-order valence-electron chi connectivity index (χ0n) is 10.6. The Morgan fingerprint density at radius 2 is 2.00 bits per heavy atom. The third-order valence-corrected chi connectivity index (χ3v) is 3.43. The average Bonchev–Trinajstić information content (AvgIpc) is 2.57. The molecule has 0 fully saturated rings. The molecule has 0 saturated heterocycles. The van der Waals surface area contributed by atoms with E-state index < -0.39 is 0 Å². The molecule has 1 aromatic rings. The molecule has 0 spiro atoms. The lowest BCUT2D eigenvalue weighted by atomic mass is 9.80. The van der Waals surface area contributed by atoms with Gasteiger partial charge < -0.3 is 0 Å². The van der Waals surface area contributed by atoms with Gasteiger partial charge in [-0.1, -0.05) is 44.5 Å². The van der Waals surface area contributed by atoms with Crippen molar-refractivity contribution < 1.29 is 4.79 Å². The summed E-state index contributed by atoms with van der Waals surface area (Å²) >= 11 is 0. The first-order valence-corrected chi connectivity index (χ1v) is 6.03. The third-order valence-electron chi connectivity index (χ3n) is 3.43. The summed E-state index contributed by atoms with van der Waals surface area (Å²) in [5.74, 6) is 0.519. The number of rotatable bonds is 1. The van der Waals surface area contributed by atoms with Gasteiger partial charge in [0.15, 0.2) is 0 Å². The molecule has 1 aliphatic carbocycles. The minimum absolute atomic E-state index is 0.135. The Balaban J connectivity index is 2.34. The second-order valence-electron chi connectivity index (χ2n) is 5.91. The molecule has 1 aromatic carbocycles. The van der Waals surface area contributed by atoms with Crippen molar-refractivity contribution in [2.75, 3.05) is 0 Å². The van der Waals surface area contributed by atoms with E-state index in [9.17, 15) is 4.79 Å². The number of fused-ring (bicyclic) bond motifs is 1. The average molecular weight is 216 g/mol. The summed E-state index contributed by atoms with van der Waals surface area (Å²) in [6, 6.07) is 6.49. The maximum absolute atomic E-state index is 12.3.